The molecule has 0 spiro atoms. The van der Waals surface area contributed by atoms with Gasteiger partial charge in [0, 0.05) is 14.1 Å². The van der Waals surface area contributed by atoms with E-state index in [0.29, 0.717) is 4.32 Å². The average Bonchev–Trinajstić information content (AvgIpc) is 2.25. The molecule has 6 heteroatoms. The first-order valence-corrected chi connectivity index (χ1v) is 6.22. The Kier molecular flexibility index (Phi) is 5.40. The van der Waals surface area contributed by atoms with E-state index in [1.54, 1.807) is 31.2 Å². The highest BCUT2D eigenvalue weighted by Gasteiger charge is 2.22. The maximum absolute atomic E-state index is 11.2. The van der Waals surface area contributed by atoms with E-state index in [0.717, 1.165) is 17.3 Å². The van der Waals surface area contributed by atoms with Crippen molar-refractivity contribution in [2.45, 2.75) is 5.25 Å². The number of benzene rings is 1. The van der Waals surface area contributed by atoms with Gasteiger partial charge in [0.2, 0.25) is 0 Å². The number of aliphatic carboxylic acids is 1. The van der Waals surface area contributed by atoms with E-state index >= 15 is 0 Å². The normalized spacial score (nSPS) is 12.2. The fraction of sp³-hybridized carbons (Fsp3) is 0.273. The van der Waals surface area contributed by atoms with Gasteiger partial charge in [-0.3, -0.25) is 4.79 Å². The Labute approximate surface area is 110 Å². The van der Waals surface area contributed by atoms with Crippen LogP contribution in [0.1, 0.15) is 10.8 Å². The molecule has 17 heavy (non-hydrogen) atoms. The smallest absolute Gasteiger partial charge is 0.321 e. The number of hydrazine groups is 1. The van der Waals surface area contributed by atoms with Gasteiger partial charge >= 0.3 is 5.97 Å². The molecule has 0 amide bonds. The minimum Gasteiger partial charge on any atom is -0.480 e. The summed E-state index contributed by atoms with van der Waals surface area (Å²) >= 11 is 6.19. The van der Waals surface area contributed by atoms with Crippen LogP contribution < -0.4 is 5.43 Å². The fourth-order valence-corrected chi connectivity index (χ4v) is 2.52. The molecule has 2 N–H and O–H groups in total. The molecule has 0 saturated carbocycles. The molecule has 0 aromatic heterocycles. The molecule has 1 aromatic carbocycles. The van der Waals surface area contributed by atoms with E-state index in [1.165, 1.54) is 0 Å². The van der Waals surface area contributed by atoms with Crippen LogP contribution in [0.15, 0.2) is 30.3 Å². The van der Waals surface area contributed by atoms with E-state index in [4.69, 9.17) is 12.2 Å². The minimum atomic E-state index is -0.899. The molecule has 0 radical (unpaired) electrons. The fourth-order valence-electron chi connectivity index (χ4n) is 1.20. The molecule has 0 aliphatic heterocycles. The zero-order chi connectivity index (χ0) is 12.8. The van der Waals surface area contributed by atoms with E-state index in [2.05, 4.69) is 5.43 Å². The van der Waals surface area contributed by atoms with Gasteiger partial charge in [0.1, 0.15) is 9.57 Å². The van der Waals surface area contributed by atoms with E-state index < -0.39 is 11.2 Å². The first-order chi connectivity index (χ1) is 8.00. The lowest BCUT2D eigenvalue weighted by molar-refractivity contribution is -0.136. The van der Waals surface area contributed by atoms with Gasteiger partial charge in [0.25, 0.3) is 0 Å². The van der Waals surface area contributed by atoms with Gasteiger partial charge in [0.05, 0.1) is 0 Å². The summed E-state index contributed by atoms with van der Waals surface area (Å²) in [6, 6.07) is 9.04. The molecular weight excluding hydrogens is 256 g/mol. The summed E-state index contributed by atoms with van der Waals surface area (Å²) in [5.74, 6) is -0.899. The molecule has 1 atom stereocenters. The number of thiocarbonyl (C=S) groups is 1. The van der Waals surface area contributed by atoms with Gasteiger partial charge in [-0.05, 0) is 5.56 Å². The van der Waals surface area contributed by atoms with E-state index in [1.807, 2.05) is 18.2 Å². The van der Waals surface area contributed by atoms with Crippen LogP contribution in [0.2, 0.25) is 0 Å². The topological polar surface area (TPSA) is 52.6 Å². The van der Waals surface area contributed by atoms with Crippen molar-refractivity contribution in [1.29, 1.82) is 0 Å². The third-order valence-corrected chi connectivity index (χ3v) is 3.26. The van der Waals surface area contributed by atoms with Crippen molar-refractivity contribution in [2.75, 3.05) is 14.1 Å². The van der Waals surface area contributed by atoms with Gasteiger partial charge in [-0.2, -0.15) is 0 Å². The number of thioether (sulfide) groups is 1. The molecule has 0 fully saturated rings. The van der Waals surface area contributed by atoms with Crippen molar-refractivity contribution < 1.29 is 9.90 Å². The number of hydrogen-bond donors (Lipinski definition) is 2. The molecule has 1 unspecified atom stereocenters. The van der Waals surface area contributed by atoms with Crippen molar-refractivity contribution in [3.8, 4) is 0 Å². The van der Waals surface area contributed by atoms with Crippen molar-refractivity contribution in [3.05, 3.63) is 35.9 Å². The van der Waals surface area contributed by atoms with Crippen LogP contribution in [0.25, 0.3) is 0 Å². The van der Waals surface area contributed by atoms with Crippen LogP contribution in [0.4, 0.5) is 0 Å². The molecule has 0 aliphatic carbocycles. The van der Waals surface area contributed by atoms with Crippen molar-refractivity contribution in [3.63, 3.8) is 0 Å². The standard InChI is InChI=1S/C11H14N2O2S2/c1-13(2)12-11(16)17-9(10(14)15)8-6-4-3-5-7-8/h3-7,9H,1-2H3,(H,12,16)(H,14,15). The number of carboxylic acid groups (broad SMARTS) is 1. The summed E-state index contributed by atoms with van der Waals surface area (Å²) in [7, 11) is 3.59. The van der Waals surface area contributed by atoms with Gasteiger partial charge in [0.15, 0.2) is 0 Å². The first-order valence-electron chi connectivity index (χ1n) is 4.93. The van der Waals surface area contributed by atoms with Crippen LogP contribution in [0.5, 0.6) is 0 Å². The lowest BCUT2D eigenvalue weighted by Crippen LogP contribution is -2.34. The van der Waals surface area contributed by atoms with Crippen LogP contribution in [-0.4, -0.2) is 34.5 Å². The summed E-state index contributed by atoms with van der Waals surface area (Å²) in [6.07, 6.45) is 0. The second-order valence-corrected chi connectivity index (χ2v) is 5.32. The quantitative estimate of drug-likeness (QED) is 0.644. The Balaban J connectivity index is 2.75. The largest absolute Gasteiger partial charge is 0.480 e. The molecule has 0 saturated heterocycles. The van der Waals surface area contributed by atoms with Gasteiger partial charge < -0.3 is 10.5 Å². The minimum absolute atomic E-state index is 0.436. The third-order valence-electron chi connectivity index (χ3n) is 1.87. The Morgan fingerprint density at radius 3 is 2.47 bits per heavy atom. The molecule has 1 aromatic rings. The second kappa shape index (κ2) is 6.58. The van der Waals surface area contributed by atoms with Crippen LogP contribution in [0, 0.1) is 0 Å². The number of hydrogen-bond acceptors (Lipinski definition) is 4. The maximum atomic E-state index is 11.2. The lowest BCUT2D eigenvalue weighted by Gasteiger charge is -2.17. The Hall–Kier alpha value is -1.11. The predicted octanol–water partition coefficient (Wildman–Crippen LogP) is 1.90. The average molecular weight is 270 g/mol. The molecule has 92 valence electrons. The summed E-state index contributed by atoms with van der Waals surface area (Å²) < 4.78 is 0.436. The monoisotopic (exact) mass is 270 g/mol. The van der Waals surface area contributed by atoms with Crippen molar-refractivity contribution >= 4 is 34.3 Å². The van der Waals surface area contributed by atoms with E-state index in [-0.39, 0.29) is 0 Å². The second-order valence-electron chi connectivity index (χ2n) is 3.54. The number of nitrogens with one attached hydrogen (secondary N) is 1. The van der Waals surface area contributed by atoms with E-state index in [9.17, 15) is 9.90 Å². The number of carboxylic acids is 1. The molecule has 1 rings (SSSR count). The van der Waals surface area contributed by atoms with Crippen LogP contribution >= 0.6 is 24.0 Å². The van der Waals surface area contributed by atoms with Gasteiger partial charge in [-0.15, -0.1) is 0 Å². The molecular formula is C11H14N2O2S2. The van der Waals surface area contributed by atoms with Crippen LogP contribution in [-0.2, 0) is 4.79 Å². The van der Waals surface area contributed by atoms with Crippen molar-refractivity contribution in [1.82, 2.24) is 10.4 Å². The zero-order valence-electron chi connectivity index (χ0n) is 9.58. The highest BCUT2D eigenvalue weighted by atomic mass is 32.2. The first kappa shape index (κ1) is 14.0. The van der Waals surface area contributed by atoms with Crippen molar-refractivity contribution in [2.24, 2.45) is 0 Å². The highest BCUT2D eigenvalue weighted by molar-refractivity contribution is 8.23. The molecule has 4 nitrogen and oxygen atoms in total. The molecule has 0 bridgehead atoms. The zero-order valence-corrected chi connectivity index (χ0v) is 11.2. The molecule has 0 aliphatic rings. The number of nitrogens with zero attached hydrogens (tertiary/aromatic N) is 1. The Morgan fingerprint density at radius 1 is 1.41 bits per heavy atom. The third kappa shape index (κ3) is 4.72. The SMILES string of the molecule is CN(C)NC(=S)SC(C(=O)O)c1ccccc1. The Morgan fingerprint density at radius 2 is 2.00 bits per heavy atom. The summed E-state index contributed by atoms with van der Waals surface area (Å²) in [4.78, 5) is 11.2. The lowest BCUT2D eigenvalue weighted by atomic mass is 10.1. The summed E-state index contributed by atoms with van der Waals surface area (Å²) in [6.45, 7) is 0. The number of carbonyl (C=O) groups is 1. The van der Waals surface area contributed by atoms with Gasteiger partial charge in [-0.25, -0.2) is 5.01 Å². The molecule has 0 heterocycles. The summed E-state index contributed by atoms with van der Waals surface area (Å²) in [5.41, 5.74) is 3.59. The van der Waals surface area contributed by atoms with Crippen LogP contribution in [0.3, 0.4) is 0 Å². The maximum Gasteiger partial charge on any atom is 0.321 e. The Bertz CT molecular complexity index is 396. The highest BCUT2D eigenvalue weighted by Crippen LogP contribution is 2.29. The number of rotatable bonds is 4. The van der Waals surface area contributed by atoms with Gasteiger partial charge in [-0.1, -0.05) is 54.3 Å². The summed E-state index contributed by atoms with van der Waals surface area (Å²) in [5, 5.41) is 10.2. The predicted molar refractivity (Wildman–Crippen MR) is 73.8 cm³/mol.